The fraction of sp³-hybridized carbons (Fsp3) is 0.417. The maximum Gasteiger partial charge on any atom is 0.231 e. The van der Waals surface area contributed by atoms with E-state index in [4.69, 9.17) is 0 Å². The second-order valence-corrected chi connectivity index (χ2v) is 6.33. The summed E-state index contributed by atoms with van der Waals surface area (Å²) in [5, 5.41) is 0. The van der Waals surface area contributed by atoms with Gasteiger partial charge in [0.05, 0.1) is 11.9 Å². The maximum absolute atomic E-state index is 11.4. The minimum atomic E-state index is -3.30. The van der Waals surface area contributed by atoms with Gasteiger partial charge in [0.2, 0.25) is 10.0 Å². The number of carbonyl (C=O) groups excluding carboxylic acids is 1. The van der Waals surface area contributed by atoms with Crippen LogP contribution in [0.2, 0.25) is 0 Å². The molecule has 0 saturated carbocycles. The largest absolute Gasteiger partial charge is 0.298 e. The number of nitrogens with zero attached hydrogens (tertiary/aromatic N) is 1. The van der Waals surface area contributed by atoms with Crippen molar-refractivity contribution < 1.29 is 13.2 Å². The topological polar surface area (TPSA) is 54.5 Å². The first kappa shape index (κ1) is 13.7. The molecule has 4 nitrogen and oxygen atoms in total. The van der Waals surface area contributed by atoms with Crippen molar-refractivity contribution in [3.8, 4) is 0 Å². The summed E-state index contributed by atoms with van der Waals surface area (Å²) >= 11 is 0. The molecule has 0 amide bonds. The molecule has 5 heteroatoms. The Hall–Kier alpha value is -1.36. The second kappa shape index (κ2) is 4.87. The van der Waals surface area contributed by atoms with Crippen LogP contribution >= 0.6 is 0 Å². The van der Waals surface area contributed by atoms with Crippen LogP contribution in [-0.2, 0) is 10.0 Å². The molecule has 0 spiro atoms. The van der Waals surface area contributed by atoms with E-state index in [0.29, 0.717) is 11.3 Å². The van der Waals surface area contributed by atoms with Crippen molar-refractivity contribution in [3.05, 3.63) is 29.3 Å². The van der Waals surface area contributed by atoms with Crippen LogP contribution in [0.15, 0.2) is 18.2 Å². The molecule has 0 N–H and O–H groups in total. The van der Waals surface area contributed by atoms with Crippen molar-refractivity contribution in [3.63, 3.8) is 0 Å². The minimum absolute atomic E-state index is 0.229. The van der Waals surface area contributed by atoms with Crippen molar-refractivity contribution in [2.75, 3.05) is 17.6 Å². The van der Waals surface area contributed by atoms with Crippen LogP contribution in [0.5, 0.6) is 0 Å². The van der Waals surface area contributed by atoms with Crippen LogP contribution in [0.3, 0.4) is 0 Å². The quantitative estimate of drug-likeness (QED) is 0.773. The molecule has 0 atom stereocenters. The third kappa shape index (κ3) is 3.06. The third-order valence-electron chi connectivity index (χ3n) is 2.68. The highest BCUT2D eigenvalue weighted by Crippen LogP contribution is 2.24. The zero-order valence-corrected chi connectivity index (χ0v) is 11.3. The number of carbonyl (C=O) groups is 1. The molecule has 94 valence electrons. The van der Waals surface area contributed by atoms with E-state index in [9.17, 15) is 13.2 Å². The number of rotatable bonds is 4. The predicted octanol–water partition coefficient (Wildman–Crippen LogP) is 2.02. The molecule has 0 aliphatic rings. The molecule has 0 aromatic heterocycles. The van der Waals surface area contributed by atoms with E-state index >= 15 is 0 Å². The molecule has 17 heavy (non-hydrogen) atoms. The number of hydrogen-bond acceptors (Lipinski definition) is 3. The Labute approximate surface area is 102 Å². The molecule has 0 bridgehead atoms. The first-order chi connectivity index (χ1) is 7.77. The van der Waals surface area contributed by atoms with E-state index in [2.05, 4.69) is 0 Å². The lowest BCUT2D eigenvalue weighted by Crippen LogP contribution is -2.25. The highest BCUT2D eigenvalue weighted by atomic mass is 32.2. The molecule has 0 heterocycles. The van der Waals surface area contributed by atoms with Gasteiger partial charge >= 0.3 is 0 Å². The zero-order valence-electron chi connectivity index (χ0n) is 10.5. The highest BCUT2D eigenvalue weighted by molar-refractivity contribution is 7.92. The van der Waals surface area contributed by atoms with E-state index in [0.717, 1.165) is 22.4 Å². The fourth-order valence-electron chi connectivity index (χ4n) is 1.58. The van der Waals surface area contributed by atoms with Gasteiger partial charge in [-0.2, -0.15) is 0 Å². The molecule has 0 radical (unpaired) electrons. The standard InChI is InChI=1S/C12H17NO3S/c1-9(2)12-6-5-11(7-10(12)8-14)13(3)17(4,15)16/h5-9H,1-4H3. The van der Waals surface area contributed by atoms with Gasteiger partial charge in [0.1, 0.15) is 6.29 Å². The van der Waals surface area contributed by atoms with Gasteiger partial charge in [0.15, 0.2) is 0 Å². The van der Waals surface area contributed by atoms with E-state index in [-0.39, 0.29) is 5.92 Å². The van der Waals surface area contributed by atoms with Crippen molar-refractivity contribution in [1.82, 2.24) is 0 Å². The molecule has 0 aliphatic carbocycles. The number of sulfonamides is 1. The van der Waals surface area contributed by atoms with Gasteiger partial charge < -0.3 is 0 Å². The predicted molar refractivity (Wildman–Crippen MR) is 69.2 cm³/mol. The highest BCUT2D eigenvalue weighted by Gasteiger charge is 2.14. The van der Waals surface area contributed by atoms with Crippen molar-refractivity contribution >= 4 is 22.0 Å². The lowest BCUT2D eigenvalue weighted by molar-refractivity contribution is 0.112. The first-order valence-electron chi connectivity index (χ1n) is 5.30. The Morgan fingerprint density at radius 1 is 1.29 bits per heavy atom. The average molecular weight is 255 g/mol. The Kier molecular flexibility index (Phi) is 3.93. The monoisotopic (exact) mass is 255 g/mol. The Balaban J connectivity index is 3.28. The summed E-state index contributed by atoms with van der Waals surface area (Å²) < 4.78 is 23.9. The minimum Gasteiger partial charge on any atom is -0.298 e. The van der Waals surface area contributed by atoms with Gasteiger partial charge in [-0.1, -0.05) is 19.9 Å². The van der Waals surface area contributed by atoms with Gasteiger partial charge in [-0.05, 0) is 23.6 Å². The molecular formula is C12H17NO3S. The third-order valence-corrected chi connectivity index (χ3v) is 3.89. The van der Waals surface area contributed by atoms with E-state index in [1.807, 2.05) is 13.8 Å². The summed E-state index contributed by atoms with van der Waals surface area (Å²) in [6.07, 6.45) is 1.89. The van der Waals surface area contributed by atoms with Crippen LogP contribution < -0.4 is 4.31 Å². The number of anilines is 1. The Morgan fingerprint density at radius 2 is 1.88 bits per heavy atom. The number of hydrogen-bond donors (Lipinski definition) is 0. The summed E-state index contributed by atoms with van der Waals surface area (Å²) in [5.74, 6) is 0.229. The molecule has 0 unspecified atom stereocenters. The molecule has 1 rings (SSSR count). The SMILES string of the molecule is CC(C)c1ccc(N(C)S(C)(=O)=O)cc1C=O. The van der Waals surface area contributed by atoms with Gasteiger partial charge in [0.25, 0.3) is 0 Å². The normalized spacial score (nSPS) is 11.6. The van der Waals surface area contributed by atoms with Crippen LogP contribution in [-0.4, -0.2) is 28.0 Å². The van der Waals surface area contributed by atoms with Crippen LogP contribution in [0.1, 0.15) is 35.7 Å². The first-order valence-corrected chi connectivity index (χ1v) is 7.15. The van der Waals surface area contributed by atoms with Gasteiger partial charge in [0, 0.05) is 12.6 Å². The van der Waals surface area contributed by atoms with Gasteiger partial charge in [-0.25, -0.2) is 8.42 Å². The summed E-state index contributed by atoms with van der Waals surface area (Å²) in [5.41, 5.74) is 1.96. The lowest BCUT2D eigenvalue weighted by Gasteiger charge is -2.18. The van der Waals surface area contributed by atoms with Crippen molar-refractivity contribution in [2.24, 2.45) is 0 Å². The van der Waals surface area contributed by atoms with Crippen molar-refractivity contribution in [1.29, 1.82) is 0 Å². The molecular weight excluding hydrogens is 238 g/mol. The summed E-state index contributed by atoms with van der Waals surface area (Å²) in [4.78, 5) is 11.0. The van der Waals surface area contributed by atoms with E-state index in [1.165, 1.54) is 7.05 Å². The summed E-state index contributed by atoms with van der Waals surface area (Å²) in [6, 6.07) is 5.11. The summed E-state index contributed by atoms with van der Waals surface area (Å²) in [6.45, 7) is 3.98. The molecule has 0 aliphatic heterocycles. The Bertz CT molecular complexity index is 521. The lowest BCUT2D eigenvalue weighted by atomic mass is 9.97. The number of benzene rings is 1. The molecule has 0 saturated heterocycles. The summed E-state index contributed by atoms with van der Waals surface area (Å²) in [7, 11) is -1.83. The van der Waals surface area contributed by atoms with Gasteiger partial charge in [-0.3, -0.25) is 9.10 Å². The zero-order chi connectivity index (χ0) is 13.2. The average Bonchev–Trinajstić information content (AvgIpc) is 2.25. The van der Waals surface area contributed by atoms with Crippen LogP contribution in [0.4, 0.5) is 5.69 Å². The smallest absolute Gasteiger partial charge is 0.231 e. The van der Waals surface area contributed by atoms with E-state index < -0.39 is 10.0 Å². The molecule has 1 aromatic carbocycles. The van der Waals surface area contributed by atoms with E-state index in [1.54, 1.807) is 18.2 Å². The Morgan fingerprint density at radius 3 is 2.29 bits per heavy atom. The fourth-order valence-corrected chi connectivity index (χ4v) is 2.07. The van der Waals surface area contributed by atoms with Gasteiger partial charge in [-0.15, -0.1) is 0 Å². The van der Waals surface area contributed by atoms with Crippen LogP contribution in [0, 0.1) is 0 Å². The molecule has 0 fully saturated rings. The molecule has 1 aromatic rings. The number of aldehydes is 1. The van der Waals surface area contributed by atoms with Crippen LogP contribution in [0.25, 0.3) is 0 Å². The second-order valence-electron chi connectivity index (χ2n) is 4.32. The van der Waals surface area contributed by atoms with Crippen molar-refractivity contribution in [2.45, 2.75) is 19.8 Å². The maximum atomic E-state index is 11.4.